The van der Waals surface area contributed by atoms with E-state index in [0.29, 0.717) is 27.9 Å². The van der Waals surface area contributed by atoms with Crippen LogP contribution in [0.3, 0.4) is 0 Å². The fourth-order valence-corrected chi connectivity index (χ4v) is 5.30. The molecule has 3 aromatic rings. The van der Waals surface area contributed by atoms with Crippen molar-refractivity contribution in [2.45, 2.75) is 19.3 Å². The van der Waals surface area contributed by atoms with E-state index < -0.39 is 4.92 Å². The summed E-state index contributed by atoms with van der Waals surface area (Å²) >= 11 is 1.36. The number of piperidine rings is 1. The largest absolute Gasteiger partial charge is 0.456 e. The number of amides is 1. The number of furan rings is 1. The second kappa shape index (κ2) is 9.69. The minimum absolute atomic E-state index is 0.0244. The van der Waals surface area contributed by atoms with Crippen molar-refractivity contribution >= 4 is 34.6 Å². The van der Waals surface area contributed by atoms with Crippen molar-refractivity contribution in [1.82, 2.24) is 4.90 Å². The Morgan fingerprint density at radius 3 is 2.56 bits per heavy atom. The van der Waals surface area contributed by atoms with Gasteiger partial charge >= 0.3 is 0 Å². The van der Waals surface area contributed by atoms with Crippen LogP contribution in [0, 0.1) is 16.0 Å². The molecule has 0 unspecified atom stereocenters. The molecule has 34 heavy (non-hydrogen) atoms. The summed E-state index contributed by atoms with van der Waals surface area (Å²) in [4.78, 5) is 30.3. The van der Waals surface area contributed by atoms with E-state index in [-0.39, 0.29) is 11.6 Å². The first kappa shape index (κ1) is 22.2. The molecule has 1 amide bonds. The molecule has 1 aromatic heterocycles. The number of hydrogen-bond acceptors (Lipinski definition) is 6. The number of hydrogen-bond donors (Lipinski definition) is 0. The molecule has 0 radical (unpaired) electrons. The minimum Gasteiger partial charge on any atom is -0.456 e. The number of thioether (sulfide) groups is 1. The van der Waals surface area contributed by atoms with E-state index in [1.807, 2.05) is 6.07 Å². The van der Waals surface area contributed by atoms with Crippen molar-refractivity contribution in [3.63, 3.8) is 0 Å². The summed E-state index contributed by atoms with van der Waals surface area (Å²) in [6.07, 6.45) is 4.88. The zero-order chi connectivity index (χ0) is 23.5. The van der Waals surface area contributed by atoms with E-state index in [1.54, 1.807) is 36.4 Å². The highest BCUT2D eigenvalue weighted by Crippen LogP contribution is 2.35. The SMILES string of the molecule is O=C1N=C(N2CCC(Cc3ccccc3)CC2)SC1=Cc1ccc(-c2ccccc2[N+](=O)[O-])o1. The quantitative estimate of drug-likeness (QED) is 0.265. The smallest absolute Gasteiger partial charge is 0.286 e. The molecule has 2 aromatic carbocycles. The summed E-state index contributed by atoms with van der Waals surface area (Å²) in [5.41, 5.74) is 1.74. The average Bonchev–Trinajstić information content (AvgIpc) is 3.47. The Morgan fingerprint density at radius 1 is 1.06 bits per heavy atom. The van der Waals surface area contributed by atoms with Crippen molar-refractivity contribution in [3.05, 3.63) is 93.1 Å². The van der Waals surface area contributed by atoms with Crippen LogP contribution in [0.5, 0.6) is 0 Å². The molecule has 1 saturated heterocycles. The van der Waals surface area contributed by atoms with Gasteiger partial charge < -0.3 is 9.32 Å². The van der Waals surface area contributed by atoms with Crippen molar-refractivity contribution in [2.24, 2.45) is 10.9 Å². The zero-order valence-corrected chi connectivity index (χ0v) is 19.2. The second-order valence-corrected chi connectivity index (χ2v) is 9.42. The molecule has 8 heteroatoms. The predicted octanol–water partition coefficient (Wildman–Crippen LogP) is 5.78. The van der Waals surface area contributed by atoms with Crippen LogP contribution >= 0.6 is 11.8 Å². The van der Waals surface area contributed by atoms with Crippen LogP contribution in [0.4, 0.5) is 5.69 Å². The zero-order valence-electron chi connectivity index (χ0n) is 18.4. The second-order valence-electron chi connectivity index (χ2n) is 8.41. The summed E-state index contributed by atoms with van der Waals surface area (Å²) in [5, 5.41) is 12.0. The van der Waals surface area contributed by atoms with E-state index in [1.165, 1.54) is 23.4 Å². The Balaban J connectivity index is 1.22. The van der Waals surface area contributed by atoms with Gasteiger partial charge in [0.1, 0.15) is 11.5 Å². The number of nitro groups is 1. The van der Waals surface area contributed by atoms with Crippen molar-refractivity contribution in [3.8, 4) is 11.3 Å². The molecule has 3 heterocycles. The highest BCUT2D eigenvalue weighted by Gasteiger charge is 2.29. The highest BCUT2D eigenvalue weighted by molar-refractivity contribution is 8.18. The van der Waals surface area contributed by atoms with Crippen molar-refractivity contribution in [2.75, 3.05) is 13.1 Å². The van der Waals surface area contributed by atoms with Gasteiger partial charge in [-0.15, -0.1) is 0 Å². The lowest BCUT2D eigenvalue weighted by atomic mass is 9.90. The number of carbonyl (C=O) groups excluding carboxylic acids is 1. The maximum atomic E-state index is 12.5. The van der Waals surface area contributed by atoms with E-state index in [4.69, 9.17) is 4.42 Å². The number of nitro benzene ring substituents is 1. The lowest BCUT2D eigenvalue weighted by molar-refractivity contribution is -0.384. The summed E-state index contributed by atoms with van der Waals surface area (Å²) in [7, 11) is 0. The van der Waals surface area contributed by atoms with Crippen LogP contribution in [0.1, 0.15) is 24.2 Å². The molecule has 2 aliphatic heterocycles. The first-order chi connectivity index (χ1) is 16.6. The van der Waals surface area contributed by atoms with Gasteiger partial charge in [0.05, 0.1) is 15.4 Å². The fourth-order valence-electron chi connectivity index (χ4n) is 4.35. The Labute approximate surface area is 201 Å². The van der Waals surface area contributed by atoms with E-state index in [9.17, 15) is 14.9 Å². The number of nitrogens with zero attached hydrogens (tertiary/aromatic N) is 3. The van der Waals surface area contributed by atoms with Crippen molar-refractivity contribution < 1.29 is 14.1 Å². The molecular weight excluding hydrogens is 450 g/mol. The summed E-state index contributed by atoms with van der Waals surface area (Å²) in [6, 6.07) is 20.4. The Bertz CT molecular complexity index is 1270. The molecular formula is C26H23N3O4S. The number of likely N-dealkylation sites (tertiary alicyclic amines) is 1. The third kappa shape index (κ3) is 4.82. The van der Waals surface area contributed by atoms with Gasteiger partial charge in [-0.05, 0) is 60.7 Å². The van der Waals surface area contributed by atoms with E-state index >= 15 is 0 Å². The maximum absolute atomic E-state index is 12.5. The first-order valence-corrected chi connectivity index (χ1v) is 12.0. The topological polar surface area (TPSA) is 89.0 Å². The van der Waals surface area contributed by atoms with Gasteiger partial charge in [0.25, 0.3) is 11.6 Å². The predicted molar refractivity (Wildman–Crippen MR) is 133 cm³/mol. The number of benzene rings is 2. The molecule has 5 rings (SSSR count). The van der Waals surface area contributed by atoms with Crippen LogP contribution in [0.15, 0.2) is 81.0 Å². The van der Waals surface area contributed by atoms with Gasteiger partial charge in [0, 0.05) is 25.2 Å². The van der Waals surface area contributed by atoms with Crippen LogP contribution in [-0.4, -0.2) is 34.0 Å². The fraction of sp³-hybridized carbons (Fsp3) is 0.231. The third-order valence-corrected chi connectivity index (χ3v) is 7.17. The van der Waals surface area contributed by atoms with Gasteiger partial charge in [-0.1, -0.05) is 42.5 Å². The Morgan fingerprint density at radius 2 is 1.79 bits per heavy atom. The van der Waals surface area contributed by atoms with Crippen LogP contribution < -0.4 is 0 Å². The summed E-state index contributed by atoms with van der Waals surface area (Å²) < 4.78 is 5.81. The molecule has 7 nitrogen and oxygen atoms in total. The van der Waals surface area contributed by atoms with Gasteiger partial charge in [-0.2, -0.15) is 4.99 Å². The Kier molecular flexibility index (Phi) is 6.31. The molecule has 2 aliphatic rings. The standard InChI is InChI=1S/C26H23N3O4S/c30-25-24(17-20-10-11-23(33-20)21-8-4-5-9-22(21)29(31)32)34-26(27-25)28-14-12-19(13-15-28)16-18-6-2-1-3-7-18/h1-11,17,19H,12-16H2. The van der Waals surface area contributed by atoms with Gasteiger partial charge in [0.15, 0.2) is 5.17 Å². The first-order valence-electron chi connectivity index (χ1n) is 11.2. The maximum Gasteiger partial charge on any atom is 0.286 e. The molecule has 0 bridgehead atoms. The highest BCUT2D eigenvalue weighted by atomic mass is 32.2. The molecule has 0 saturated carbocycles. The molecule has 0 atom stereocenters. The number of rotatable bonds is 5. The van der Waals surface area contributed by atoms with Crippen LogP contribution in [-0.2, 0) is 11.2 Å². The molecule has 0 aliphatic carbocycles. The van der Waals surface area contributed by atoms with Crippen LogP contribution in [0.2, 0.25) is 0 Å². The summed E-state index contributed by atoms with van der Waals surface area (Å²) in [6.45, 7) is 1.76. The Hall–Kier alpha value is -3.65. The molecule has 0 spiro atoms. The average molecular weight is 474 g/mol. The van der Waals surface area contributed by atoms with Gasteiger partial charge in [0.2, 0.25) is 0 Å². The van der Waals surface area contributed by atoms with Gasteiger partial charge in [-0.25, -0.2) is 0 Å². The lowest BCUT2D eigenvalue weighted by Gasteiger charge is -2.32. The minimum atomic E-state index is -0.435. The number of amidine groups is 1. The number of para-hydroxylation sites is 1. The monoisotopic (exact) mass is 473 g/mol. The molecule has 1 fully saturated rings. The van der Waals surface area contributed by atoms with Crippen LogP contribution in [0.25, 0.3) is 17.4 Å². The van der Waals surface area contributed by atoms with E-state index in [0.717, 1.165) is 37.5 Å². The molecule has 0 N–H and O–H groups in total. The number of carbonyl (C=O) groups is 1. The van der Waals surface area contributed by atoms with Crippen molar-refractivity contribution in [1.29, 1.82) is 0 Å². The number of aliphatic imine (C=N–C) groups is 1. The molecule has 172 valence electrons. The lowest BCUT2D eigenvalue weighted by Crippen LogP contribution is -2.37. The van der Waals surface area contributed by atoms with Gasteiger partial charge in [-0.3, -0.25) is 14.9 Å². The summed E-state index contributed by atoms with van der Waals surface area (Å²) in [5.74, 6) is 1.20. The van der Waals surface area contributed by atoms with E-state index in [2.05, 4.69) is 34.2 Å². The normalized spacial score (nSPS) is 17.9. The third-order valence-electron chi connectivity index (χ3n) is 6.13.